The van der Waals surface area contributed by atoms with Gasteiger partial charge in [-0.25, -0.2) is 8.78 Å². The second-order valence-corrected chi connectivity index (χ2v) is 4.82. The molecule has 0 saturated heterocycles. The molecule has 1 fully saturated rings. The zero-order chi connectivity index (χ0) is 12.5. The maximum Gasteiger partial charge on any atom is 0.248 e. The summed E-state index contributed by atoms with van der Waals surface area (Å²) in [4.78, 5) is 0. The second-order valence-electron chi connectivity index (χ2n) is 4.82. The van der Waals surface area contributed by atoms with E-state index in [1.165, 1.54) is 0 Å². The molecule has 1 saturated carbocycles. The minimum Gasteiger partial charge on any atom is -0.491 e. The van der Waals surface area contributed by atoms with Crippen molar-refractivity contribution < 1.29 is 13.5 Å². The van der Waals surface area contributed by atoms with E-state index in [9.17, 15) is 8.78 Å². The minimum atomic E-state index is -2.51. The van der Waals surface area contributed by atoms with Crippen LogP contribution in [-0.2, 0) is 0 Å². The summed E-state index contributed by atoms with van der Waals surface area (Å²) in [5, 5.41) is 0. The Morgan fingerprint density at radius 3 is 2.88 bits per heavy atom. The van der Waals surface area contributed by atoms with Crippen LogP contribution >= 0.6 is 0 Å². The lowest BCUT2D eigenvalue weighted by molar-refractivity contribution is 0.00293. The van der Waals surface area contributed by atoms with E-state index < -0.39 is 5.92 Å². The second kappa shape index (κ2) is 4.51. The van der Waals surface area contributed by atoms with Crippen LogP contribution in [0.15, 0.2) is 18.2 Å². The Balaban J connectivity index is 1.92. The van der Waals surface area contributed by atoms with Crippen LogP contribution in [0, 0.1) is 12.8 Å². The molecule has 1 aromatic carbocycles. The highest BCUT2D eigenvalue weighted by Gasteiger charge is 2.39. The van der Waals surface area contributed by atoms with Gasteiger partial charge in [0.2, 0.25) is 5.92 Å². The van der Waals surface area contributed by atoms with Gasteiger partial charge in [-0.15, -0.1) is 0 Å². The molecule has 0 amide bonds. The molecule has 4 heteroatoms. The predicted octanol–water partition coefficient (Wildman–Crippen LogP) is 3.39. The van der Waals surface area contributed by atoms with E-state index in [2.05, 4.69) is 0 Å². The smallest absolute Gasteiger partial charge is 0.248 e. The van der Waals surface area contributed by atoms with Crippen molar-refractivity contribution in [2.24, 2.45) is 5.92 Å². The highest BCUT2D eigenvalue weighted by Crippen LogP contribution is 2.39. The van der Waals surface area contributed by atoms with Gasteiger partial charge in [0.05, 0.1) is 12.3 Å². The Bertz CT molecular complexity index is 406. The molecule has 1 unspecified atom stereocenters. The molecule has 0 bridgehead atoms. The first-order chi connectivity index (χ1) is 7.96. The van der Waals surface area contributed by atoms with Gasteiger partial charge in [-0.2, -0.15) is 0 Å². The molecule has 1 aliphatic carbocycles. The normalized spacial score (nSPS) is 22.6. The van der Waals surface area contributed by atoms with E-state index in [0.29, 0.717) is 24.5 Å². The van der Waals surface area contributed by atoms with E-state index >= 15 is 0 Å². The van der Waals surface area contributed by atoms with Crippen LogP contribution in [0.5, 0.6) is 5.75 Å². The third kappa shape index (κ3) is 3.08. The Morgan fingerprint density at radius 1 is 1.47 bits per heavy atom. The SMILES string of the molecule is Cc1ccc(N)c(OCC2CCC(F)(F)C2)c1. The van der Waals surface area contributed by atoms with Crippen LogP contribution in [0.25, 0.3) is 0 Å². The molecule has 94 valence electrons. The maximum atomic E-state index is 13.0. The van der Waals surface area contributed by atoms with Crippen LogP contribution in [0.3, 0.4) is 0 Å². The number of nitrogens with two attached hydrogens (primary N) is 1. The molecule has 1 aromatic rings. The number of hydrogen-bond donors (Lipinski definition) is 1. The molecule has 1 atom stereocenters. The molecule has 0 radical (unpaired) electrons. The van der Waals surface area contributed by atoms with Gasteiger partial charge < -0.3 is 10.5 Å². The van der Waals surface area contributed by atoms with Gasteiger partial charge >= 0.3 is 0 Å². The van der Waals surface area contributed by atoms with E-state index in [-0.39, 0.29) is 18.8 Å². The van der Waals surface area contributed by atoms with Gasteiger partial charge in [0.1, 0.15) is 5.75 Å². The Morgan fingerprint density at radius 2 is 2.24 bits per heavy atom. The van der Waals surface area contributed by atoms with E-state index in [4.69, 9.17) is 10.5 Å². The lowest BCUT2D eigenvalue weighted by atomic mass is 10.1. The fourth-order valence-electron chi connectivity index (χ4n) is 2.16. The van der Waals surface area contributed by atoms with Crippen LogP contribution in [-0.4, -0.2) is 12.5 Å². The predicted molar refractivity (Wildman–Crippen MR) is 63.4 cm³/mol. The van der Waals surface area contributed by atoms with Crippen molar-refractivity contribution in [1.29, 1.82) is 0 Å². The summed E-state index contributed by atoms with van der Waals surface area (Å²) in [5.41, 5.74) is 7.36. The molecule has 0 aliphatic heterocycles. The summed E-state index contributed by atoms with van der Waals surface area (Å²) in [7, 11) is 0. The van der Waals surface area contributed by atoms with Crippen molar-refractivity contribution in [3.63, 3.8) is 0 Å². The van der Waals surface area contributed by atoms with Gasteiger partial charge in [0.25, 0.3) is 0 Å². The number of halogens is 2. The third-order valence-corrected chi connectivity index (χ3v) is 3.15. The summed E-state index contributed by atoms with van der Waals surface area (Å²) in [6, 6.07) is 5.50. The van der Waals surface area contributed by atoms with Crippen LogP contribution in [0.4, 0.5) is 14.5 Å². The first-order valence-electron chi connectivity index (χ1n) is 5.83. The third-order valence-electron chi connectivity index (χ3n) is 3.15. The quantitative estimate of drug-likeness (QED) is 0.823. The molecular formula is C13H17F2NO. The van der Waals surface area contributed by atoms with Crippen LogP contribution < -0.4 is 10.5 Å². The Labute approximate surface area is 99.8 Å². The number of nitrogen functional groups attached to an aromatic ring is 1. The average Bonchev–Trinajstić information content (AvgIpc) is 2.60. The fourth-order valence-corrected chi connectivity index (χ4v) is 2.16. The standard InChI is InChI=1S/C13H17F2NO/c1-9-2-3-11(16)12(6-9)17-8-10-4-5-13(14,15)7-10/h2-3,6,10H,4-5,7-8,16H2,1H3. The number of anilines is 1. The van der Waals surface area contributed by atoms with E-state index in [1.807, 2.05) is 19.1 Å². The van der Waals surface area contributed by atoms with Gasteiger partial charge in [0.15, 0.2) is 0 Å². The molecule has 0 spiro atoms. The van der Waals surface area contributed by atoms with Crippen molar-refractivity contribution in [2.45, 2.75) is 32.1 Å². The van der Waals surface area contributed by atoms with Crippen molar-refractivity contribution in [3.8, 4) is 5.75 Å². The summed E-state index contributed by atoms with van der Waals surface area (Å²) >= 11 is 0. The summed E-state index contributed by atoms with van der Waals surface area (Å²) in [6.45, 7) is 2.26. The average molecular weight is 241 g/mol. The van der Waals surface area contributed by atoms with Gasteiger partial charge in [-0.3, -0.25) is 0 Å². The molecule has 2 rings (SSSR count). The van der Waals surface area contributed by atoms with Gasteiger partial charge in [-0.1, -0.05) is 6.07 Å². The molecule has 1 aliphatic rings. The van der Waals surface area contributed by atoms with E-state index in [0.717, 1.165) is 5.56 Å². The minimum absolute atomic E-state index is 0.0235. The highest BCUT2D eigenvalue weighted by molar-refractivity contribution is 5.53. The highest BCUT2D eigenvalue weighted by atomic mass is 19.3. The topological polar surface area (TPSA) is 35.2 Å². The number of benzene rings is 1. The summed E-state index contributed by atoms with van der Waals surface area (Å²) in [5.74, 6) is -1.98. The number of rotatable bonds is 3. The first-order valence-corrected chi connectivity index (χ1v) is 5.83. The monoisotopic (exact) mass is 241 g/mol. The van der Waals surface area contributed by atoms with Crippen molar-refractivity contribution in [2.75, 3.05) is 12.3 Å². The lowest BCUT2D eigenvalue weighted by Gasteiger charge is -2.14. The molecule has 0 aromatic heterocycles. The summed E-state index contributed by atoms with van der Waals surface area (Å²) < 4.78 is 31.5. The molecule has 2 N–H and O–H groups in total. The molecular weight excluding hydrogens is 224 g/mol. The zero-order valence-electron chi connectivity index (χ0n) is 9.88. The molecule has 0 heterocycles. The molecule has 17 heavy (non-hydrogen) atoms. The van der Waals surface area contributed by atoms with Crippen LogP contribution in [0.1, 0.15) is 24.8 Å². The number of hydrogen-bond acceptors (Lipinski definition) is 2. The number of ether oxygens (including phenoxy) is 1. The fraction of sp³-hybridized carbons (Fsp3) is 0.538. The van der Waals surface area contributed by atoms with Crippen molar-refractivity contribution in [3.05, 3.63) is 23.8 Å². The van der Waals surface area contributed by atoms with Gasteiger partial charge in [-0.05, 0) is 37.0 Å². The largest absolute Gasteiger partial charge is 0.491 e. The lowest BCUT2D eigenvalue weighted by Crippen LogP contribution is -2.14. The van der Waals surface area contributed by atoms with Crippen molar-refractivity contribution in [1.82, 2.24) is 0 Å². The van der Waals surface area contributed by atoms with Gasteiger partial charge in [0, 0.05) is 12.8 Å². The Hall–Kier alpha value is -1.32. The molecule has 2 nitrogen and oxygen atoms in total. The number of alkyl halides is 2. The first kappa shape index (κ1) is 12.1. The van der Waals surface area contributed by atoms with Crippen LogP contribution in [0.2, 0.25) is 0 Å². The summed E-state index contributed by atoms with van der Waals surface area (Å²) in [6.07, 6.45) is 0.432. The zero-order valence-corrected chi connectivity index (χ0v) is 9.88. The van der Waals surface area contributed by atoms with E-state index in [1.54, 1.807) is 6.07 Å². The number of aryl methyl sites for hydroxylation is 1. The Kier molecular flexibility index (Phi) is 3.22. The van der Waals surface area contributed by atoms with Crippen molar-refractivity contribution >= 4 is 5.69 Å². The maximum absolute atomic E-state index is 13.0.